The molecule has 0 heterocycles. The molecule has 1 saturated carbocycles. The summed E-state index contributed by atoms with van der Waals surface area (Å²) in [6.45, 7) is 0.292. The fraction of sp³-hybridized carbons (Fsp3) is 0.417. The second-order valence-corrected chi connectivity index (χ2v) is 4.20. The molecular formula is C12H16N2O2. The van der Waals surface area contributed by atoms with E-state index in [0.29, 0.717) is 6.61 Å². The zero-order valence-electron chi connectivity index (χ0n) is 9.35. The van der Waals surface area contributed by atoms with Gasteiger partial charge in [0.15, 0.2) is 0 Å². The van der Waals surface area contributed by atoms with Crippen molar-refractivity contribution in [2.24, 2.45) is 5.73 Å². The zero-order valence-corrected chi connectivity index (χ0v) is 9.35. The standard InChI is InChI=1S/C12H16N2O2/c1-14(12(13)7-8-12)11(15)16-9-10-5-3-2-4-6-10/h2-6H,7-9,13H2,1H3. The number of amides is 1. The van der Waals surface area contributed by atoms with Gasteiger partial charge in [0.1, 0.15) is 6.61 Å². The van der Waals surface area contributed by atoms with Gasteiger partial charge in [0.25, 0.3) is 0 Å². The minimum absolute atomic E-state index is 0.292. The van der Waals surface area contributed by atoms with Crippen molar-refractivity contribution in [3.05, 3.63) is 35.9 Å². The Bertz CT molecular complexity index is 374. The highest BCUT2D eigenvalue weighted by Crippen LogP contribution is 2.35. The highest BCUT2D eigenvalue weighted by atomic mass is 16.6. The molecule has 1 aliphatic carbocycles. The van der Waals surface area contributed by atoms with Gasteiger partial charge in [-0.1, -0.05) is 30.3 Å². The number of carbonyl (C=O) groups excluding carboxylic acids is 1. The van der Waals surface area contributed by atoms with Crippen LogP contribution in [0.5, 0.6) is 0 Å². The molecule has 0 saturated heterocycles. The van der Waals surface area contributed by atoms with E-state index in [0.717, 1.165) is 18.4 Å². The Labute approximate surface area is 95.0 Å². The smallest absolute Gasteiger partial charge is 0.411 e. The van der Waals surface area contributed by atoms with Crippen molar-refractivity contribution in [1.29, 1.82) is 0 Å². The van der Waals surface area contributed by atoms with Crippen LogP contribution in [0.2, 0.25) is 0 Å². The Morgan fingerprint density at radius 2 is 2.06 bits per heavy atom. The van der Waals surface area contributed by atoms with Crippen LogP contribution in [0.3, 0.4) is 0 Å². The molecule has 0 unspecified atom stereocenters. The summed E-state index contributed by atoms with van der Waals surface area (Å²) in [5.74, 6) is 0. The van der Waals surface area contributed by atoms with Crippen LogP contribution in [-0.4, -0.2) is 23.7 Å². The molecule has 0 aliphatic heterocycles. The van der Waals surface area contributed by atoms with Crippen LogP contribution >= 0.6 is 0 Å². The predicted octanol–water partition coefficient (Wildman–Crippen LogP) is 1.70. The SMILES string of the molecule is CN(C(=O)OCc1ccccc1)C1(N)CC1. The van der Waals surface area contributed by atoms with Crippen molar-refractivity contribution in [2.45, 2.75) is 25.1 Å². The highest BCUT2D eigenvalue weighted by molar-refractivity contribution is 5.68. The fourth-order valence-electron chi connectivity index (χ4n) is 1.46. The first-order valence-corrected chi connectivity index (χ1v) is 5.35. The molecule has 1 amide bonds. The van der Waals surface area contributed by atoms with Gasteiger partial charge in [0.05, 0.1) is 5.66 Å². The molecule has 0 bridgehead atoms. The average molecular weight is 220 g/mol. The van der Waals surface area contributed by atoms with Crippen LogP contribution in [0, 0.1) is 0 Å². The fourth-order valence-corrected chi connectivity index (χ4v) is 1.46. The van der Waals surface area contributed by atoms with Gasteiger partial charge in [-0.05, 0) is 18.4 Å². The molecule has 2 rings (SSSR count). The van der Waals surface area contributed by atoms with E-state index in [1.165, 1.54) is 4.90 Å². The van der Waals surface area contributed by atoms with E-state index in [4.69, 9.17) is 10.5 Å². The summed E-state index contributed by atoms with van der Waals surface area (Å²) in [5.41, 5.74) is 6.40. The van der Waals surface area contributed by atoms with E-state index >= 15 is 0 Å². The molecule has 1 aromatic rings. The lowest BCUT2D eigenvalue weighted by atomic mass is 10.2. The van der Waals surface area contributed by atoms with Crippen LogP contribution in [0.15, 0.2) is 30.3 Å². The Balaban J connectivity index is 1.84. The average Bonchev–Trinajstić information content (AvgIpc) is 3.06. The van der Waals surface area contributed by atoms with E-state index in [1.807, 2.05) is 30.3 Å². The number of benzene rings is 1. The number of nitrogens with two attached hydrogens (primary N) is 1. The third-order valence-corrected chi connectivity index (χ3v) is 2.91. The summed E-state index contributed by atoms with van der Waals surface area (Å²) >= 11 is 0. The Hall–Kier alpha value is -1.55. The van der Waals surface area contributed by atoms with Crippen molar-refractivity contribution >= 4 is 6.09 Å². The Kier molecular flexibility index (Phi) is 2.83. The molecule has 86 valence electrons. The van der Waals surface area contributed by atoms with Crippen molar-refractivity contribution in [2.75, 3.05) is 7.05 Å². The molecule has 2 N–H and O–H groups in total. The van der Waals surface area contributed by atoms with Gasteiger partial charge in [-0.3, -0.25) is 4.90 Å². The van der Waals surface area contributed by atoms with E-state index in [-0.39, 0.29) is 6.09 Å². The van der Waals surface area contributed by atoms with Crippen LogP contribution in [0.25, 0.3) is 0 Å². The van der Waals surface area contributed by atoms with E-state index in [9.17, 15) is 4.79 Å². The summed E-state index contributed by atoms with van der Waals surface area (Å²) in [5, 5.41) is 0. The quantitative estimate of drug-likeness (QED) is 0.789. The van der Waals surface area contributed by atoms with E-state index < -0.39 is 5.66 Å². The molecule has 0 radical (unpaired) electrons. The van der Waals surface area contributed by atoms with Gasteiger partial charge in [-0.15, -0.1) is 0 Å². The van der Waals surface area contributed by atoms with Crippen molar-refractivity contribution < 1.29 is 9.53 Å². The number of ether oxygens (including phenoxy) is 1. The molecule has 1 aliphatic rings. The number of hydrogen-bond donors (Lipinski definition) is 1. The number of hydrogen-bond acceptors (Lipinski definition) is 3. The first-order chi connectivity index (χ1) is 7.62. The van der Waals surface area contributed by atoms with Gasteiger partial charge >= 0.3 is 6.09 Å². The van der Waals surface area contributed by atoms with Crippen molar-refractivity contribution in [3.63, 3.8) is 0 Å². The molecule has 4 nitrogen and oxygen atoms in total. The first kappa shape index (κ1) is 11.0. The van der Waals surface area contributed by atoms with Crippen LogP contribution in [0.4, 0.5) is 4.79 Å². The molecule has 0 spiro atoms. The van der Waals surface area contributed by atoms with Crippen molar-refractivity contribution in [1.82, 2.24) is 4.90 Å². The number of carbonyl (C=O) groups is 1. The Morgan fingerprint density at radius 1 is 1.44 bits per heavy atom. The lowest BCUT2D eigenvalue weighted by molar-refractivity contribution is 0.0874. The summed E-state index contributed by atoms with van der Waals surface area (Å²) in [4.78, 5) is 13.1. The predicted molar refractivity (Wildman–Crippen MR) is 60.5 cm³/mol. The summed E-state index contributed by atoms with van der Waals surface area (Å²) < 4.78 is 5.16. The third-order valence-electron chi connectivity index (χ3n) is 2.91. The summed E-state index contributed by atoms with van der Waals surface area (Å²) in [6.07, 6.45) is 1.34. The second kappa shape index (κ2) is 4.14. The third kappa shape index (κ3) is 2.33. The molecule has 16 heavy (non-hydrogen) atoms. The molecular weight excluding hydrogens is 204 g/mol. The maximum atomic E-state index is 11.6. The molecule has 4 heteroatoms. The minimum Gasteiger partial charge on any atom is -0.445 e. The largest absolute Gasteiger partial charge is 0.445 e. The minimum atomic E-state index is -0.465. The normalized spacial score (nSPS) is 16.6. The first-order valence-electron chi connectivity index (χ1n) is 5.35. The van der Waals surface area contributed by atoms with Gasteiger partial charge in [0.2, 0.25) is 0 Å². The number of nitrogens with zero attached hydrogens (tertiary/aromatic N) is 1. The zero-order chi connectivity index (χ0) is 11.6. The summed E-state index contributed by atoms with van der Waals surface area (Å²) in [6, 6.07) is 9.60. The molecule has 1 fully saturated rings. The maximum absolute atomic E-state index is 11.6. The molecule has 0 aromatic heterocycles. The number of rotatable bonds is 3. The van der Waals surface area contributed by atoms with Gasteiger partial charge in [-0.2, -0.15) is 0 Å². The van der Waals surface area contributed by atoms with Crippen LogP contribution in [-0.2, 0) is 11.3 Å². The molecule has 0 atom stereocenters. The van der Waals surface area contributed by atoms with Crippen LogP contribution < -0.4 is 5.73 Å². The topological polar surface area (TPSA) is 55.6 Å². The van der Waals surface area contributed by atoms with Gasteiger partial charge < -0.3 is 10.5 Å². The lowest BCUT2D eigenvalue weighted by Gasteiger charge is -2.23. The van der Waals surface area contributed by atoms with E-state index in [1.54, 1.807) is 7.05 Å². The lowest BCUT2D eigenvalue weighted by Crippen LogP contribution is -2.45. The van der Waals surface area contributed by atoms with Crippen LogP contribution in [0.1, 0.15) is 18.4 Å². The second-order valence-electron chi connectivity index (χ2n) is 4.20. The molecule has 1 aromatic carbocycles. The Morgan fingerprint density at radius 3 is 2.62 bits per heavy atom. The van der Waals surface area contributed by atoms with E-state index in [2.05, 4.69) is 0 Å². The van der Waals surface area contributed by atoms with Crippen molar-refractivity contribution in [3.8, 4) is 0 Å². The van der Waals surface area contributed by atoms with Gasteiger partial charge in [-0.25, -0.2) is 4.79 Å². The van der Waals surface area contributed by atoms with Gasteiger partial charge in [0, 0.05) is 7.05 Å². The maximum Gasteiger partial charge on any atom is 0.411 e. The summed E-state index contributed by atoms with van der Waals surface area (Å²) in [7, 11) is 1.68. The monoisotopic (exact) mass is 220 g/mol. The highest BCUT2D eigenvalue weighted by Gasteiger charge is 2.45.